The van der Waals surface area contributed by atoms with Gasteiger partial charge < -0.3 is 14.2 Å². The van der Waals surface area contributed by atoms with Gasteiger partial charge in [0.1, 0.15) is 5.76 Å². The standard InChI is InChI=1S/C27H37N5O4/c1-18(2)12-31-14-23(35-17-25-19(3)28-36-21(25)5)13-30(16-26(31)33)15-24-20(4)29(6)32(27(24)34)22-10-8-7-9-11-22/h7-11,18,23H,12-17H2,1-6H3. The average Bonchev–Trinajstić information content (AvgIpc) is 3.20. The molecular weight excluding hydrogens is 458 g/mol. The van der Waals surface area contributed by atoms with Crippen LogP contribution in [0.2, 0.25) is 0 Å². The molecule has 1 aliphatic rings. The molecule has 0 bridgehead atoms. The molecule has 0 N–H and O–H groups in total. The van der Waals surface area contributed by atoms with Crippen molar-refractivity contribution in [1.82, 2.24) is 24.3 Å². The number of rotatable bonds is 8. The molecule has 0 saturated carbocycles. The summed E-state index contributed by atoms with van der Waals surface area (Å²) >= 11 is 0. The van der Waals surface area contributed by atoms with Crippen LogP contribution in [-0.4, -0.2) is 62.5 Å². The summed E-state index contributed by atoms with van der Waals surface area (Å²) in [7, 11) is 1.89. The predicted molar refractivity (Wildman–Crippen MR) is 137 cm³/mol. The van der Waals surface area contributed by atoms with Gasteiger partial charge in [-0.1, -0.05) is 37.2 Å². The Bertz CT molecular complexity index is 1240. The molecule has 4 rings (SSSR count). The van der Waals surface area contributed by atoms with E-state index in [2.05, 4.69) is 19.0 Å². The zero-order valence-corrected chi connectivity index (χ0v) is 22.2. The molecule has 194 valence electrons. The van der Waals surface area contributed by atoms with Crippen molar-refractivity contribution in [3.8, 4) is 5.69 Å². The summed E-state index contributed by atoms with van der Waals surface area (Å²) in [6, 6.07) is 9.60. The van der Waals surface area contributed by atoms with Gasteiger partial charge in [-0.25, -0.2) is 4.68 Å². The number of aromatic nitrogens is 3. The normalized spacial score (nSPS) is 17.2. The van der Waals surface area contributed by atoms with Crippen molar-refractivity contribution in [2.45, 2.75) is 53.9 Å². The smallest absolute Gasteiger partial charge is 0.276 e. The third kappa shape index (κ3) is 5.47. The van der Waals surface area contributed by atoms with Gasteiger partial charge in [0.25, 0.3) is 5.56 Å². The summed E-state index contributed by atoms with van der Waals surface area (Å²) in [4.78, 5) is 30.6. The Labute approximate surface area is 212 Å². The van der Waals surface area contributed by atoms with Gasteiger partial charge in [-0.2, -0.15) is 0 Å². The minimum Gasteiger partial charge on any atom is -0.370 e. The molecule has 3 heterocycles. The van der Waals surface area contributed by atoms with Crippen LogP contribution in [0.5, 0.6) is 0 Å². The van der Waals surface area contributed by atoms with Crippen LogP contribution in [0.4, 0.5) is 0 Å². The quantitative estimate of drug-likeness (QED) is 0.478. The number of benzene rings is 1. The van der Waals surface area contributed by atoms with Gasteiger partial charge in [0.05, 0.1) is 36.2 Å². The SMILES string of the molecule is Cc1noc(C)c1COC1CN(Cc2c(C)n(C)n(-c3ccccc3)c2=O)CC(=O)N(CC(C)C)C1. The second-order valence-corrected chi connectivity index (χ2v) is 10.1. The van der Waals surface area contributed by atoms with E-state index < -0.39 is 0 Å². The maximum absolute atomic E-state index is 13.5. The van der Waals surface area contributed by atoms with E-state index in [1.807, 2.05) is 72.6 Å². The Morgan fingerprint density at radius 3 is 2.44 bits per heavy atom. The summed E-state index contributed by atoms with van der Waals surface area (Å²) in [6.45, 7) is 12.7. The van der Waals surface area contributed by atoms with Crippen molar-refractivity contribution in [3.05, 3.63) is 69.0 Å². The van der Waals surface area contributed by atoms with Gasteiger partial charge >= 0.3 is 0 Å². The van der Waals surface area contributed by atoms with E-state index in [0.717, 1.165) is 28.4 Å². The van der Waals surface area contributed by atoms with Crippen LogP contribution in [0.1, 0.15) is 42.1 Å². The number of nitrogens with zero attached hydrogens (tertiary/aromatic N) is 5. The lowest BCUT2D eigenvalue weighted by Crippen LogP contribution is -2.40. The fourth-order valence-corrected chi connectivity index (χ4v) is 4.83. The summed E-state index contributed by atoms with van der Waals surface area (Å²) < 4.78 is 15.2. The van der Waals surface area contributed by atoms with Gasteiger partial charge in [0.15, 0.2) is 0 Å². The zero-order valence-electron chi connectivity index (χ0n) is 22.2. The van der Waals surface area contributed by atoms with E-state index >= 15 is 0 Å². The van der Waals surface area contributed by atoms with Gasteiger partial charge in [0, 0.05) is 44.5 Å². The molecule has 1 fully saturated rings. The highest BCUT2D eigenvalue weighted by Gasteiger charge is 2.30. The molecule has 36 heavy (non-hydrogen) atoms. The largest absolute Gasteiger partial charge is 0.370 e. The molecule has 1 amide bonds. The van der Waals surface area contributed by atoms with E-state index in [0.29, 0.717) is 44.3 Å². The molecule has 3 aromatic rings. The minimum atomic E-state index is -0.204. The molecule has 1 unspecified atom stereocenters. The number of carbonyl (C=O) groups excluding carboxylic acids is 1. The molecule has 0 aliphatic carbocycles. The number of carbonyl (C=O) groups is 1. The molecule has 1 aromatic carbocycles. The monoisotopic (exact) mass is 495 g/mol. The lowest BCUT2D eigenvalue weighted by molar-refractivity contribution is -0.132. The topological polar surface area (TPSA) is 85.7 Å². The molecule has 2 aromatic heterocycles. The Kier molecular flexibility index (Phi) is 7.80. The first kappa shape index (κ1) is 25.9. The van der Waals surface area contributed by atoms with Crippen LogP contribution in [0.15, 0.2) is 39.6 Å². The van der Waals surface area contributed by atoms with Crippen LogP contribution in [0.3, 0.4) is 0 Å². The van der Waals surface area contributed by atoms with Gasteiger partial charge in [-0.15, -0.1) is 0 Å². The number of para-hydroxylation sites is 1. The number of hydrogen-bond acceptors (Lipinski definition) is 6. The van der Waals surface area contributed by atoms with Crippen LogP contribution in [-0.2, 0) is 29.7 Å². The molecular formula is C27H37N5O4. The van der Waals surface area contributed by atoms with Crippen molar-refractivity contribution in [2.75, 3.05) is 26.2 Å². The van der Waals surface area contributed by atoms with Gasteiger partial charge in [-0.05, 0) is 38.8 Å². The molecule has 9 heteroatoms. The molecule has 1 atom stereocenters. The first-order valence-electron chi connectivity index (χ1n) is 12.5. The third-order valence-electron chi connectivity index (χ3n) is 6.88. The lowest BCUT2D eigenvalue weighted by atomic mass is 10.2. The Hall–Kier alpha value is -3.17. The molecule has 0 radical (unpaired) electrons. The zero-order chi connectivity index (χ0) is 26.0. The lowest BCUT2D eigenvalue weighted by Gasteiger charge is -2.26. The van der Waals surface area contributed by atoms with E-state index in [4.69, 9.17) is 9.26 Å². The van der Waals surface area contributed by atoms with Crippen LogP contribution >= 0.6 is 0 Å². The number of aryl methyl sites for hydroxylation is 2. The van der Waals surface area contributed by atoms with E-state index in [1.54, 1.807) is 4.68 Å². The van der Waals surface area contributed by atoms with E-state index in [9.17, 15) is 9.59 Å². The maximum atomic E-state index is 13.5. The van der Waals surface area contributed by atoms with Crippen LogP contribution in [0, 0.1) is 26.7 Å². The molecule has 9 nitrogen and oxygen atoms in total. The third-order valence-corrected chi connectivity index (χ3v) is 6.88. The molecule has 1 saturated heterocycles. The van der Waals surface area contributed by atoms with Gasteiger partial charge in [0.2, 0.25) is 5.91 Å². The number of ether oxygens (including phenoxy) is 1. The second kappa shape index (κ2) is 10.8. The Balaban J connectivity index is 1.59. The highest BCUT2D eigenvalue weighted by atomic mass is 16.5. The first-order valence-corrected chi connectivity index (χ1v) is 12.5. The Morgan fingerprint density at radius 1 is 1.08 bits per heavy atom. The van der Waals surface area contributed by atoms with Crippen molar-refractivity contribution >= 4 is 5.91 Å². The summed E-state index contributed by atoms with van der Waals surface area (Å²) in [5.74, 6) is 1.15. The van der Waals surface area contributed by atoms with Crippen molar-refractivity contribution < 1.29 is 14.1 Å². The van der Waals surface area contributed by atoms with Crippen molar-refractivity contribution in [3.63, 3.8) is 0 Å². The highest BCUT2D eigenvalue weighted by molar-refractivity contribution is 5.78. The number of amides is 1. The minimum absolute atomic E-state index is 0.0594. The molecule has 1 aliphatic heterocycles. The Morgan fingerprint density at radius 2 is 1.81 bits per heavy atom. The summed E-state index contributed by atoms with van der Waals surface area (Å²) in [5, 5.41) is 4.02. The van der Waals surface area contributed by atoms with E-state index in [-0.39, 0.29) is 24.1 Å². The first-order chi connectivity index (χ1) is 17.2. The van der Waals surface area contributed by atoms with Gasteiger partial charge in [-0.3, -0.25) is 19.2 Å². The number of hydrogen-bond donors (Lipinski definition) is 0. The molecule has 0 spiro atoms. The fraction of sp³-hybridized carbons (Fsp3) is 0.519. The average molecular weight is 496 g/mol. The van der Waals surface area contributed by atoms with Crippen molar-refractivity contribution in [2.24, 2.45) is 13.0 Å². The van der Waals surface area contributed by atoms with Crippen molar-refractivity contribution in [1.29, 1.82) is 0 Å². The summed E-state index contributed by atoms with van der Waals surface area (Å²) in [6.07, 6.45) is -0.204. The highest BCUT2D eigenvalue weighted by Crippen LogP contribution is 2.19. The van der Waals surface area contributed by atoms with Crippen LogP contribution in [0.25, 0.3) is 5.69 Å². The maximum Gasteiger partial charge on any atom is 0.276 e. The summed E-state index contributed by atoms with van der Waals surface area (Å²) in [5.41, 5.74) is 4.08. The predicted octanol–water partition coefficient (Wildman–Crippen LogP) is 2.97. The fourth-order valence-electron chi connectivity index (χ4n) is 4.83. The van der Waals surface area contributed by atoms with Crippen LogP contribution < -0.4 is 5.56 Å². The second-order valence-electron chi connectivity index (χ2n) is 10.1. The van der Waals surface area contributed by atoms with E-state index in [1.165, 1.54) is 0 Å².